The van der Waals surface area contributed by atoms with Crippen LogP contribution in [0, 0.1) is 0 Å². The van der Waals surface area contributed by atoms with E-state index < -0.39 is 0 Å². The van der Waals surface area contributed by atoms with E-state index in [9.17, 15) is 9.59 Å². The quantitative estimate of drug-likeness (QED) is 0.869. The van der Waals surface area contributed by atoms with Crippen LogP contribution in [0.2, 0.25) is 0 Å². The van der Waals surface area contributed by atoms with E-state index in [1.807, 2.05) is 0 Å². The number of nitrogens with one attached hydrogen (secondary N) is 1. The molecule has 0 unspecified atom stereocenters. The number of benzene rings is 2. The van der Waals surface area contributed by atoms with Gasteiger partial charge < -0.3 is 14.8 Å². The Morgan fingerprint density at radius 3 is 2.55 bits per heavy atom. The third kappa shape index (κ3) is 2.33. The van der Waals surface area contributed by atoms with Crippen molar-refractivity contribution in [1.82, 2.24) is 0 Å². The van der Waals surface area contributed by atoms with E-state index in [2.05, 4.69) is 5.32 Å². The second kappa shape index (κ2) is 5.05. The predicted molar refractivity (Wildman–Crippen MR) is 72.3 cm³/mol. The van der Waals surface area contributed by atoms with Crippen molar-refractivity contribution in [3.8, 4) is 11.5 Å². The van der Waals surface area contributed by atoms with Crippen molar-refractivity contribution >= 4 is 17.9 Å². The van der Waals surface area contributed by atoms with Gasteiger partial charge in [-0.1, -0.05) is 0 Å². The third-order valence-corrected chi connectivity index (χ3v) is 2.94. The summed E-state index contributed by atoms with van der Waals surface area (Å²) in [5.74, 6) is 0.952. The van der Waals surface area contributed by atoms with Crippen LogP contribution >= 0.6 is 0 Å². The van der Waals surface area contributed by atoms with Gasteiger partial charge in [-0.3, -0.25) is 9.59 Å². The van der Waals surface area contributed by atoms with Crippen LogP contribution in [0.25, 0.3) is 0 Å². The molecule has 0 radical (unpaired) electrons. The number of anilines is 1. The first kappa shape index (κ1) is 12.2. The van der Waals surface area contributed by atoms with E-state index in [4.69, 9.17) is 9.47 Å². The predicted octanol–water partition coefficient (Wildman–Crippen LogP) is 2.48. The van der Waals surface area contributed by atoms with Gasteiger partial charge in [-0.05, 0) is 42.5 Å². The zero-order valence-electron chi connectivity index (χ0n) is 10.5. The zero-order chi connectivity index (χ0) is 13.9. The molecule has 100 valence electrons. The summed E-state index contributed by atoms with van der Waals surface area (Å²) < 4.78 is 10.4. The van der Waals surface area contributed by atoms with Gasteiger partial charge >= 0.3 is 0 Å². The molecule has 0 aliphatic carbocycles. The Bertz CT molecular complexity index is 664. The molecule has 5 heteroatoms. The van der Waals surface area contributed by atoms with E-state index >= 15 is 0 Å². The largest absolute Gasteiger partial charge is 0.454 e. The van der Waals surface area contributed by atoms with Crippen molar-refractivity contribution in [1.29, 1.82) is 0 Å². The number of rotatable bonds is 3. The van der Waals surface area contributed by atoms with Gasteiger partial charge in [0.25, 0.3) is 5.91 Å². The number of hydrogen-bond acceptors (Lipinski definition) is 4. The molecule has 0 aromatic heterocycles. The number of hydrogen-bond donors (Lipinski definition) is 1. The number of ether oxygens (including phenoxy) is 2. The first-order valence-electron chi connectivity index (χ1n) is 6.02. The van der Waals surface area contributed by atoms with E-state index in [0.29, 0.717) is 28.3 Å². The molecule has 0 saturated heterocycles. The van der Waals surface area contributed by atoms with Crippen molar-refractivity contribution in [2.75, 3.05) is 12.1 Å². The maximum absolute atomic E-state index is 12.1. The normalized spacial score (nSPS) is 12.0. The van der Waals surface area contributed by atoms with Gasteiger partial charge in [-0.15, -0.1) is 0 Å². The van der Waals surface area contributed by atoms with E-state index in [1.165, 1.54) is 0 Å². The van der Waals surface area contributed by atoms with Crippen molar-refractivity contribution in [2.45, 2.75) is 0 Å². The summed E-state index contributed by atoms with van der Waals surface area (Å²) in [5.41, 5.74) is 1.66. The summed E-state index contributed by atoms with van der Waals surface area (Å²) in [7, 11) is 0. The van der Waals surface area contributed by atoms with Crippen molar-refractivity contribution in [2.24, 2.45) is 0 Å². The summed E-state index contributed by atoms with van der Waals surface area (Å²) in [5, 5.41) is 2.75. The molecule has 0 saturated carbocycles. The molecular weight excluding hydrogens is 258 g/mol. The van der Waals surface area contributed by atoms with Crippen LogP contribution in [-0.4, -0.2) is 19.0 Å². The fourth-order valence-electron chi connectivity index (χ4n) is 1.89. The minimum Gasteiger partial charge on any atom is -0.454 e. The Balaban J connectivity index is 1.76. The van der Waals surface area contributed by atoms with E-state index in [0.717, 1.165) is 6.29 Å². The second-order valence-corrected chi connectivity index (χ2v) is 4.26. The zero-order valence-corrected chi connectivity index (χ0v) is 10.5. The number of fused-ring (bicyclic) bond motifs is 1. The van der Waals surface area contributed by atoms with Gasteiger partial charge in [0.2, 0.25) is 6.79 Å². The minimum atomic E-state index is -0.248. The molecular formula is C15H11NO4. The minimum absolute atomic E-state index is 0.174. The molecule has 20 heavy (non-hydrogen) atoms. The van der Waals surface area contributed by atoms with E-state index in [1.54, 1.807) is 42.5 Å². The summed E-state index contributed by atoms with van der Waals surface area (Å²) >= 11 is 0. The summed E-state index contributed by atoms with van der Waals surface area (Å²) in [6, 6.07) is 11.6. The van der Waals surface area contributed by atoms with Crippen molar-refractivity contribution < 1.29 is 19.1 Å². The fourth-order valence-corrected chi connectivity index (χ4v) is 1.89. The average molecular weight is 269 g/mol. The van der Waals surface area contributed by atoms with Crippen LogP contribution in [-0.2, 0) is 0 Å². The molecule has 2 aromatic carbocycles. The average Bonchev–Trinajstić information content (AvgIpc) is 2.95. The van der Waals surface area contributed by atoms with Gasteiger partial charge in [0, 0.05) is 16.8 Å². The topological polar surface area (TPSA) is 64.6 Å². The van der Waals surface area contributed by atoms with E-state index in [-0.39, 0.29) is 12.7 Å². The second-order valence-electron chi connectivity index (χ2n) is 4.26. The molecule has 5 nitrogen and oxygen atoms in total. The van der Waals surface area contributed by atoms with Crippen LogP contribution in [0.3, 0.4) is 0 Å². The molecule has 2 aromatic rings. The lowest BCUT2D eigenvalue weighted by Crippen LogP contribution is -2.11. The molecule has 1 heterocycles. The molecule has 1 aliphatic rings. The molecule has 0 spiro atoms. The SMILES string of the molecule is O=Cc1ccc(NC(=O)c2ccc3c(c2)OCO3)cc1. The van der Waals surface area contributed by atoms with Gasteiger partial charge in [0.1, 0.15) is 6.29 Å². The highest BCUT2D eigenvalue weighted by Crippen LogP contribution is 2.32. The molecule has 1 amide bonds. The van der Waals surface area contributed by atoms with Gasteiger partial charge in [0.15, 0.2) is 11.5 Å². The molecule has 1 N–H and O–H groups in total. The Hall–Kier alpha value is -2.82. The number of amides is 1. The van der Waals surface area contributed by atoms with Gasteiger partial charge in [-0.25, -0.2) is 0 Å². The van der Waals surface area contributed by atoms with Crippen LogP contribution in [0.5, 0.6) is 11.5 Å². The number of aldehydes is 1. The lowest BCUT2D eigenvalue weighted by molar-refractivity contribution is 0.102. The monoisotopic (exact) mass is 269 g/mol. The van der Waals surface area contributed by atoms with Crippen molar-refractivity contribution in [3.05, 3.63) is 53.6 Å². The molecule has 1 aliphatic heterocycles. The maximum Gasteiger partial charge on any atom is 0.255 e. The first-order chi connectivity index (χ1) is 9.76. The highest BCUT2D eigenvalue weighted by atomic mass is 16.7. The Morgan fingerprint density at radius 1 is 1.05 bits per heavy atom. The van der Waals surface area contributed by atoms with Gasteiger partial charge in [-0.2, -0.15) is 0 Å². The lowest BCUT2D eigenvalue weighted by atomic mass is 10.1. The molecule has 0 atom stereocenters. The van der Waals surface area contributed by atoms with Gasteiger partial charge in [0.05, 0.1) is 0 Å². The highest BCUT2D eigenvalue weighted by Gasteiger charge is 2.16. The highest BCUT2D eigenvalue weighted by molar-refractivity contribution is 6.04. The standard InChI is InChI=1S/C15H11NO4/c17-8-10-1-4-12(5-2-10)16-15(18)11-3-6-13-14(7-11)20-9-19-13/h1-8H,9H2,(H,16,18). The summed E-state index contributed by atoms with van der Waals surface area (Å²) in [6.45, 7) is 0.174. The molecule has 0 fully saturated rings. The third-order valence-electron chi connectivity index (χ3n) is 2.94. The smallest absolute Gasteiger partial charge is 0.255 e. The Kier molecular flexibility index (Phi) is 3.09. The summed E-state index contributed by atoms with van der Waals surface area (Å²) in [6.07, 6.45) is 0.753. The fraction of sp³-hybridized carbons (Fsp3) is 0.0667. The number of carbonyl (C=O) groups is 2. The Morgan fingerprint density at radius 2 is 1.80 bits per heavy atom. The van der Waals surface area contributed by atoms with Crippen LogP contribution in [0.4, 0.5) is 5.69 Å². The number of carbonyl (C=O) groups excluding carboxylic acids is 2. The van der Waals surface area contributed by atoms with Crippen LogP contribution < -0.4 is 14.8 Å². The van der Waals surface area contributed by atoms with Crippen LogP contribution in [0.1, 0.15) is 20.7 Å². The first-order valence-corrected chi connectivity index (χ1v) is 6.02. The van der Waals surface area contributed by atoms with Crippen molar-refractivity contribution in [3.63, 3.8) is 0 Å². The van der Waals surface area contributed by atoms with Crippen LogP contribution in [0.15, 0.2) is 42.5 Å². The maximum atomic E-state index is 12.1. The molecule has 3 rings (SSSR count). The summed E-state index contributed by atoms with van der Waals surface area (Å²) in [4.78, 5) is 22.6. The molecule has 0 bridgehead atoms. The lowest BCUT2D eigenvalue weighted by Gasteiger charge is -2.06. The Labute approximate surface area is 115 Å².